The lowest BCUT2D eigenvalue weighted by Crippen LogP contribution is -2.15. The van der Waals surface area contributed by atoms with E-state index in [-0.39, 0.29) is 5.56 Å². The molecule has 3 aromatic rings. The van der Waals surface area contributed by atoms with Crippen LogP contribution in [0.3, 0.4) is 0 Å². The first-order valence-electron chi connectivity index (χ1n) is 8.40. The van der Waals surface area contributed by atoms with Crippen molar-refractivity contribution in [1.29, 1.82) is 0 Å². The number of ether oxygens (including phenoxy) is 1. The Morgan fingerprint density at radius 2 is 1.92 bits per heavy atom. The first-order valence-corrected chi connectivity index (χ1v) is 8.40. The monoisotopic (exact) mass is 337 g/mol. The lowest BCUT2D eigenvalue weighted by atomic mass is 10.0. The van der Waals surface area contributed by atoms with Crippen LogP contribution in [0.1, 0.15) is 12.0 Å². The van der Waals surface area contributed by atoms with Crippen LogP contribution in [0, 0.1) is 6.92 Å². The third-order valence-electron chi connectivity index (χ3n) is 4.08. The second-order valence-electron chi connectivity index (χ2n) is 6.48. The lowest BCUT2D eigenvalue weighted by Gasteiger charge is -2.12. The van der Waals surface area contributed by atoms with E-state index in [1.54, 1.807) is 0 Å². The predicted molar refractivity (Wildman–Crippen MR) is 101 cm³/mol. The minimum atomic E-state index is -0.0968. The van der Waals surface area contributed by atoms with Gasteiger partial charge >= 0.3 is 0 Å². The molecule has 25 heavy (non-hydrogen) atoms. The molecule has 0 radical (unpaired) electrons. The van der Waals surface area contributed by atoms with Gasteiger partial charge in [0.25, 0.3) is 0 Å². The summed E-state index contributed by atoms with van der Waals surface area (Å²) in [4.78, 5) is 21.0. The second kappa shape index (κ2) is 7.49. The van der Waals surface area contributed by atoms with Gasteiger partial charge in [-0.05, 0) is 56.6 Å². The number of fused-ring (bicyclic) bond motifs is 1. The van der Waals surface area contributed by atoms with Gasteiger partial charge in [-0.1, -0.05) is 12.1 Å². The number of hydrogen-bond donors (Lipinski definition) is 1. The molecule has 0 saturated heterocycles. The van der Waals surface area contributed by atoms with Gasteiger partial charge in [0.15, 0.2) is 0 Å². The number of nitrogens with one attached hydrogen (secondary N) is 1. The molecule has 3 rings (SSSR count). The summed E-state index contributed by atoms with van der Waals surface area (Å²) in [5, 5.41) is 1.01. The summed E-state index contributed by atoms with van der Waals surface area (Å²) < 4.78 is 5.78. The second-order valence-corrected chi connectivity index (χ2v) is 6.48. The van der Waals surface area contributed by atoms with E-state index >= 15 is 0 Å². The van der Waals surface area contributed by atoms with Crippen LogP contribution in [0.4, 0.5) is 0 Å². The quantitative estimate of drug-likeness (QED) is 0.702. The first-order chi connectivity index (χ1) is 12.0. The van der Waals surface area contributed by atoms with E-state index in [2.05, 4.69) is 35.0 Å². The molecule has 2 aromatic heterocycles. The zero-order valence-corrected chi connectivity index (χ0v) is 14.9. The van der Waals surface area contributed by atoms with Crippen molar-refractivity contribution in [3.63, 3.8) is 0 Å². The topological polar surface area (TPSA) is 58.2 Å². The number of rotatable bonds is 6. The van der Waals surface area contributed by atoms with Crippen molar-refractivity contribution in [3.8, 4) is 17.0 Å². The van der Waals surface area contributed by atoms with E-state index in [4.69, 9.17) is 4.74 Å². The Labute approximate surface area is 147 Å². The molecule has 0 fully saturated rings. The number of nitrogens with zero attached hydrogens (tertiary/aromatic N) is 2. The number of hydrogen-bond acceptors (Lipinski definition) is 4. The van der Waals surface area contributed by atoms with E-state index in [0.717, 1.165) is 40.6 Å². The minimum absolute atomic E-state index is 0.0968. The molecule has 5 nitrogen and oxygen atoms in total. The molecule has 0 aliphatic rings. The highest BCUT2D eigenvalue weighted by molar-refractivity contribution is 5.84. The van der Waals surface area contributed by atoms with E-state index in [0.29, 0.717) is 12.5 Å². The van der Waals surface area contributed by atoms with Gasteiger partial charge in [0, 0.05) is 35.5 Å². The molecule has 130 valence electrons. The molecule has 2 heterocycles. The smallest absolute Gasteiger partial charge is 0.248 e. The molecule has 0 bridgehead atoms. The van der Waals surface area contributed by atoms with Gasteiger partial charge in [-0.25, -0.2) is 4.98 Å². The Morgan fingerprint density at radius 1 is 1.12 bits per heavy atom. The van der Waals surface area contributed by atoms with Gasteiger partial charge in [0.2, 0.25) is 11.4 Å². The van der Waals surface area contributed by atoms with Crippen LogP contribution < -0.4 is 10.3 Å². The normalized spacial score (nSPS) is 11.2. The summed E-state index contributed by atoms with van der Waals surface area (Å²) in [6.45, 7) is 3.65. The van der Waals surface area contributed by atoms with Gasteiger partial charge in [-0.3, -0.25) is 4.79 Å². The average Bonchev–Trinajstić information content (AvgIpc) is 2.59. The fourth-order valence-electron chi connectivity index (χ4n) is 2.75. The number of aromatic nitrogens is 2. The highest BCUT2D eigenvalue weighted by Gasteiger charge is 2.06. The zero-order valence-electron chi connectivity index (χ0n) is 14.9. The lowest BCUT2D eigenvalue weighted by molar-refractivity contribution is 0.271. The van der Waals surface area contributed by atoms with Crippen LogP contribution >= 0.6 is 0 Å². The summed E-state index contributed by atoms with van der Waals surface area (Å²) in [5.41, 5.74) is 3.75. The van der Waals surface area contributed by atoms with E-state index in [9.17, 15) is 4.79 Å². The molecular weight excluding hydrogens is 314 g/mol. The van der Waals surface area contributed by atoms with Crippen LogP contribution in [0.5, 0.6) is 5.88 Å². The van der Waals surface area contributed by atoms with Crippen molar-refractivity contribution in [3.05, 3.63) is 58.5 Å². The van der Waals surface area contributed by atoms with Crippen molar-refractivity contribution in [2.75, 3.05) is 27.2 Å². The molecule has 0 aliphatic carbocycles. The molecule has 1 aromatic carbocycles. The molecule has 0 aliphatic heterocycles. The number of aromatic amines is 1. The molecule has 0 unspecified atom stereocenters. The fraction of sp³-hybridized carbons (Fsp3) is 0.300. The third kappa shape index (κ3) is 4.25. The van der Waals surface area contributed by atoms with Crippen molar-refractivity contribution >= 4 is 10.9 Å². The van der Waals surface area contributed by atoms with E-state index in [1.165, 1.54) is 6.07 Å². The maximum atomic E-state index is 11.5. The minimum Gasteiger partial charge on any atom is -0.477 e. The Morgan fingerprint density at radius 3 is 2.68 bits per heavy atom. The highest BCUT2D eigenvalue weighted by Crippen LogP contribution is 2.26. The van der Waals surface area contributed by atoms with Crippen molar-refractivity contribution in [2.24, 2.45) is 0 Å². The van der Waals surface area contributed by atoms with Crippen molar-refractivity contribution in [2.45, 2.75) is 13.3 Å². The molecular formula is C20H23N3O2. The average molecular weight is 337 g/mol. The van der Waals surface area contributed by atoms with Gasteiger partial charge in [-0.15, -0.1) is 0 Å². The van der Waals surface area contributed by atoms with Gasteiger partial charge in [0.1, 0.15) is 0 Å². The molecule has 0 saturated carbocycles. The maximum absolute atomic E-state index is 11.5. The molecule has 0 spiro atoms. The third-order valence-corrected chi connectivity index (χ3v) is 4.08. The van der Waals surface area contributed by atoms with Crippen LogP contribution in [0.25, 0.3) is 22.0 Å². The number of aryl methyl sites for hydroxylation is 1. The van der Waals surface area contributed by atoms with Gasteiger partial charge in [-0.2, -0.15) is 0 Å². The van der Waals surface area contributed by atoms with Crippen LogP contribution in [-0.4, -0.2) is 42.1 Å². The highest BCUT2D eigenvalue weighted by atomic mass is 16.5. The van der Waals surface area contributed by atoms with Crippen LogP contribution in [0.15, 0.2) is 47.4 Å². The van der Waals surface area contributed by atoms with Crippen LogP contribution in [-0.2, 0) is 0 Å². The summed E-state index contributed by atoms with van der Waals surface area (Å²) in [7, 11) is 4.10. The van der Waals surface area contributed by atoms with E-state index in [1.807, 2.05) is 37.4 Å². The molecule has 0 amide bonds. The molecule has 5 heteroatoms. The summed E-state index contributed by atoms with van der Waals surface area (Å²) in [6.07, 6.45) is 2.78. The number of benzene rings is 1. The zero-order chi connectivity index (χ0) is 17.8. The van der Waals surface area contributed by atoms with Gasteiger partial charge in [0.05, 0.1) is 6.61 Å². The predicted octanol–water partition coefficient (Wildman–Crippen LogP) is 3.23. The van der Waals surface area contributed by atoms with E-state index < -0.39 is 0 Å². The SMILES string of the molecule is Cc1cc(-c2ccc3ccc(=O)[nH]c3c2)cnc1OCCCN(C)C. The summed E-state index contributed by atoms with van der Waals surface area (Å²) in [6, 6.07) is 11.4. The van der Waals surface area contributed by atoms with Crippen LogP contribution in [0.2, 0.25) is 0 Å². The van der Waals surface area contributed by atoms with Crippen molar-refractivity contribution in [1.82, 2.24) is 14.9 Å². The van der Waals surface area contributed by atoms with Crippen molar-refractivity contribution < 1.29 is 4.74 Å². The maximum Gasteiger partial charge on any atom is 0.248 e. The van der Waals surface area contributed by atoms with Gasteiger partial charge < -0.3 is 14.6 Å². The Kier molecular flexibility index (Phi) is 5.14. The largest absolute Gasteiger partial charge is 0.477 e. The molecule has 1 N–H and O–H groups in total. The summed E-state index contributed by atoms with van der Waals surface area (Å²) in [5.74, 6) is 0.678. The Balaban J connectivity index is 1.79. The number of pyridine rings is 2. The standard InChI is InChI=1S/C20H23N3O2/c1-14-11-17(13-21-20(14)25-10-4-9-23(2)3)16-6-5-15-7-8-19(24)22-18(15)12-16/h5-8,11-13H,4,9-10H2,1-3H3,(H,22,24). The Bertz CT molecular complexity index is 932. The Hall–Kier alpha value is -2.66. The first kappa shape index (κ1) is 17.2. The number of H-pyrrole nitrogens is 1. The fourth-order valence-corrected chi connectivity index (χ4v) is 2.75. The summed E-state index contributed by atoms with van der Waals surface area (Å²) >= 11 is 0. The molecule has 0 atom stereocenters.